The maximum atomic E-state index is 12.2. The molecule has 9 nitrogen and oxygen atoms in total. The van der Waals surface area contributed by atoms with E-state index < -0.39 is 11.7 Å². The highest BCUT2D eigenvalue weighted by Gasteiger charge is 2.27. The van der Waals surface area contributed by atoms with Crippen LogP contribution in [0.5, 0.6) is 0 Å². The van der Waals surface area contributed by atoms with Crippen LogP contribution in [0.2, 0.25) is 0 Å². The largest absolute Gasteiger partial charge is 0.444 e. The number of alkyl carbamates (subject to hydrolysis) is 1. The van der Waals surface area contributed by atoms with E-state index in [0.29, 0.717) is 18.9 Å². The first kappa shape index (κ1) is 26.9. The van der Waals surface area contributed by atoms with Gasteiger partial charge in [0, 0.05) is 31.7 Å². The molecule has 1 aromatic heterocycles. The molecule has 2 heterocycles. The number of carbonyl (C=O) groups excluding carboxylic acids is 2. The molecule has 2 rings (SSSR count). The Morgan fingerprint density at radius 1 is 1.32 bits per heavy atom. The normalized spacial score (nSPS) is 16.4. The molecule has 10 heteroatoms. The number of ether oxygens (including phenoxy) is 1. The molecule has 174 valence electrons. The number of carbonyl (C=O) groups is 2. The van der Waals surface area contributed by atoms with Crippen LogP contribution in [0.4, 0.5) is 10.6 Å². The van der Waals surface area contributed by atoms with Gasteiger partial charge in [-0.05, 0) is 53.2 Å². The predicted octanol–water partition coefficient (Wildman–Crippen LogP) is 2.90. The number of pyridine rings is 1. The van der Waals surface area contributed by atoms with Gasteiger partial charge in [0.15, 0.2) is 5.96 Å². The smallest absolute Gasteiger partial charge is 0.407 e. The monoisotopic (exact) mass is 546 g/mol. The SMILES string of the molecule is CCNC(=NCCC(=O)Nc1cccc(C)n1)N1CCC(NC(=O)OC(C)(C)C)C1.I. The zero-order chi connectivity index (χ0) is 22.1. The summed E-state index contributed by atoms with van der Waals surface area (Å²) in [5, 5.41) is 8.96. The van der Waals surface area contributed by atoms with Gasteiger partial charge in [0.25, 0.3) is 0 Å². The first-order valence-corrected chi connectivity index (χ1v) is 10.4. The molecule has 2 amide bonds. The first-order chi connectivity index (χ1) is 14.2. The van der Waals surface area contributed by atoms with Crippen molar-refractivity contribution in [2.45, 2.75) is 59.1 Å². The number of hydrogen-bond acceptors (Lipinski definition) is 5. The number of aromatic nitrogens is 1. The zero-order valence-corrected chi connectivity index (χ0v) is 21.4. The van der Waals surface area contributed by atoms with Crippen molar-refractivity contribution in [3.63, 3.8) is 0 Å². The second kappa shape index (κ2) is 12.7. The topological polar surface area (TPSA) is 108 Å². The molecule has 1 saturated heterocycles. The number of guanidine groups is 1. The molecule has 1 aromatic rings. The fourth-order valence-corrected chi connectivity index (χ4v) is 3.05. The number of nitrogens with zero attached hydrogens (tertiary/aromatic N) is 3. The summed E-state index contributed by atoms with van der Waals surface area (Å²) in [6.45, 7) is 11.9. The van der Waals surface area contributed by atoms with Crippen molar-refractivity contribution >= 4 is 47.8 Å². The number of aliphatic imine (C=N–C) groups is 1. The van der Waals surface area contributed by atoms with E-state index in [-0.39, 0.29) is 42.3 Å². The lowest BCUT2D eigenvalue weighted by Crippen LogP contribution is -2.44. The van der Waals surface area contributed by atoms with Crippen LogP contribution in [-0.2, 0) is 9.53 Å². The molecule has 0 aliphatic carbocycles. The minimum atomic E-state index is -0.521. The van der Waals surface area contributed by atoms with Crippen molar-refractivity contribution < 1.29 is 14.3 Å². The Morgan fingerprint density at radius 3 is 2.71 bits per heavy atom. The van der Waals surface area contributed by atoms with Crippen molar-refractivity contribution in [3.05, 3.63) is 23.9 Å². The summed E-state index contributed by atoms with van der Waals surface area (Å²) in [5.41, 5.74) is 0.330. The second-order valence-corrected chi connectivity index (χ2v) is 8.28. The van der Waals surface area contributed by atoms with E-state index in [1.165, 1.54) is 0 Å². The molecule has 31 heavy (non-hydrogen) atoms. The number of nitrogens with one attached hydrogen (secondary N) is 3. The van der Waals surface area contributed by atoms with Gasteiger partial charge >= 0.3 is 6.09 Å². The van der Waals surface area contributed by atoms with E-state index >= 15 is 0 Å². The molecule has 1 aliphatic heterocycles. The Labute approximate surface area is 201 Å². The van der Waals surface area contributed by atoms with E-state index in [1.807, 2.05) is 46.8 Å². The number of halogens is 1. The third-order valence-corrected chi connectivity index (χ3v) is 4.30. The molecule has 0 aromatic carbocycles. The highest BCUT2D eigenvalue weighted by atomic mass is 127. The number of amides is 2. The van der Waals surface area contributed by atoms with Gasteiger partial charge in [-0.25, -0.2) is 9.78 Å². The summed E-state index contributed by atoms with van der Waals surface area (Å²) in [5.74, 6) is 1.16. The molecular weight excluding hydrogens is 511 g/mol. The molecule has 0 radical (unpaired) electrons. The van der Waals surface area contributed by atoms with Crippen LogP contribution >= 0.6 is 24.0 Å². The number of likely N-dealkylation sites (tertiary alicyclic amines) is 1. The molecule has 0 saturated carbocycles. The van der Waals surface area contributed by atoms with Crippen LogP contribution in [0.25, 0.3) is 0 Å². The highest BCUT2D eigenvalue weighted by Crippen LogP contribution is 2.12. The minimum absolute atomic E-state index is 0. The van der Waals surface area contributed by atoms with Gasteiger partial charge in [0.2, 0.25) is 5.91 Å². The quantitative estimate of drug-likeness (QED) is 0.288. The van der Waals surface area contributed by atoms with Crippen molar-refractivity contribution in [1.29, 1.82) is 0 Å². The number of aryl methyl sites for hydroxylation is 1. The fourth-order valence-electron chi connectivity index (χ4n) is 3.05. The average Bonchev–Trinajstić information content (AvgIpc) is 3.07. The van der Waals surface area contributed by atoms with Crippen molar-refractivity contribution in [2.75, 3.05) is 31.5 Å². The van der Waals surface area contributed by atoms with Crippen LogP contribution < -0.4 is 16.0 Å². The Morgan fingerprint density at radius 2 is 2.06 bits per heavy atom. The van der Waals surface area contributed by atoms with Crippen molar-refractivity contribution in [2.24, 2.45) is 4.99 Å². The number of hydrogen-bond donors (Lipinski definition) is 3. The van der Waals surface area contributed by atoms with Crippen LogP contribution in [-0.4, -0.2) is 65.7 Å². The van der Waals surface area contributed by atoms with E-state index in [9.17, 15) is 9.59 Å². The second-order valence-electron chi connectivity index (χ2n) is 8.28. The van der Waals surface area contributed by atoms with Crippen LogP contribution in [0.3, 0.4) is 0 Å². The van der Waals surface area contributed by atoms with Gasteiger partial charge < -0.3 is 25.6 Å². The maximum absolute atomic E-state index is 12.2. The lowest BCUT2D eigenvalue weighted by molar-refractivity contribution is -0.116. The summed E-state index contributed by atoms with van der Waals surface area (Å²) < 4.78 is 5.33. The standard InChI is InChI=1S/C21H34N6O3.HI/c1-6-22-19(23-12-10-18(28)26-17-9-7-8-15(2)24-17)27-13-11-16(14-27)25-20(29)30-21(3,4)5;/h7-9,16H,6,10-14H2,1-5H3,(H,22,23)(H,25,29)(H,24,26,28);1H. The van der Waals surface area contributed by atoms with Gasteiger partial charge in [-0.1, -0.05) is 6.07 Å². The summed E-state index contributed by atoms with van der Waals surface area (Å²) in [6, 6.07) is 5.50. The van der Waals surface area contributed by atoms with E-state index in [0.717, 1.165) is 31.2 Å². The molecular formula is C21H35IN6O3. The van der Waals surface area contributed by atoms with Gasteiger partial charge in [-0.2, -0.15) is 0 Å². The van der Waals surface area contributed by atoms with Gasteiger partial charge in [0.1, 0.15) is 11.4 Å². The Kier molecular flexibility index (Phi) is 11.0. The fraction of sp³-hybridized carbons (Fsp3) is 0.619. The maximum Gasteiger partial charge on any atom is 0.407 e. The first-order valence-electron chi connectivity index (χ1n) is 10.4. The molecule has 0 spiro atoms. The Hall–Kier alpha value is -2.11. The van der Waals surface area contributed by atoms with Crippen LogP contribution in [0.15, 0.2) is 23.2 Å². The molecule has 3 N–H and O–H groups in total. The van der Waals surface area contributed by atoms with Gasteiger partial charge in [-0.3, -0.25) is 9.79 Å². The Bertz CT molecular complexity index is 766. The lowest BCUT2D eigenvalue weighted by Gasteiger charge is -2.23. The summed E-state index contributed by atoms with van der Waals surface area (Å²) in [4.78, 5) is 35.1. The number of anilines is 1. The van der Waals surface area contributed by atoms with Crippen LogP contribution in [0, 0.1) is 6.92 Å². The molecule has 1 unspecified atom stereocenters. The van der Waals surface area contributed by atoms with E-state index in [2.05, 4.69) is 30.8 Å². The predicted molar refractivity (Wildman–Crippen MR) is 133 cm³/mol. The molecule has 0 bridgehead atoms. The van der Waals surface area contributed by atoms with Crippen molar-refractivity contribution in [1.82, 2.24) is 20.5 Å². The molecule has 1 atom stereocenters. The summed E-state index contributed by atoms with van der Waals surface area (Å²) >= 11 is 0. The van der Waals surface area contributed by atoms with E-state index in [4.69, 9.17) is 4.74 Å². The van der Waals surface area contributed by atoms with E-state index in [1.54, 1.807) is 6.07 Å². The lowest BCUT2D eigenvalue weighted by atomic mass is 10.2. The summed E-state index contributed by atoms with van der Waals surface area (Å²) in [7, 11) is 0. The Balaban J connectivity index is 0.00000480. The third-order valence-electron chi connectivity index (χ3n) is 4.30. The summed E-state index contributed by atoms with van der Waals surface area (Å²) in [6.07, 6.45) is 0.666. The van der Waals surface area contributed by atoms with Gasteiger partial charge in [0.05, 0.1) is 12.6 Å². The van der Waals surface area contributed by atoms with Crippen LogP contribution in [0.1, 0.15) is 46.2 Å². The zero-order valence-electron chi connectivity index (χ0n) is 19.0. The molecule has 1 fully saturated rings. The third kappa shape index (κ3) is 10.2. The number of rotatable bonds is 6. The minimum Gasteiger partial charge on any atom is -0.444 e. The van der Waals surface area contributed by atoms with Gasteiger partial charge in [-0.15, -0.1) is 24.0 Å². The highest BCUT2D eigenvalue weighted by molar-refractivity contribution is 14.0. The molecule has 1 aliphatic rings. The average molecular weight is 546 g/mol. The van der Waals surface area contributed by atoms with Crippen molar-refractivity contribution in [3.8, 4) is 0 Å².